The summed E-state index contributed by atoms with van der Waals surface area (Å²) in [7, 11) is 1.36. The number of esters is 1. The van der Waals surface area contributed by atoms with Crippen molar-refractivity contribution < 1.29 is 9.53 Å². The van der Waals surface area contributed by atoms with Crippen molar-refractivity contribution in [1.82, 2.24) is 9.55 Å². The predicted octanol–water partition coefficient (Wildman–Crippen LogP) is 1.28. The fourth-order valence-corrected chi connectivity index (χ4v) is 1.21. The summed E-state index contributed by atoms with van der Waals surface area (Å²) in [6.07, 6.45) is 3.39. The maximum atomic E-state index is 11.1. The van der Waals surface area contributed by atoms with Crippen molar-refractivity contribution >= 4 is 18.2 Å². The molecule has 1 heterocycles. The van der Waals surface area contributed by atoms with Gasteiger partial charge in [-0.3, -0.25) is 0 Å². The lowest BCUT2D eigenvalue weighted by Crippen LogP contribution is -2.17. The SMILES string of the molecule is COC(=O)C(C)n1cc[nH]c1=S. The van der Waals surface area contributed by atoms with Gasteiger partial charge in [0.05, 0.1) is 7.11 Å². The van der Waals surface area contributed by atoms with E-state index in [9.17, 15) is 4.79 Å². The first kappa shape index (κ1) is 8.99. The summed E-state index contributed by atoms with van der Waals surface area (Å²) in [4.78, 5) is 13.9. The van der Waals surface area contributed by atoms with Crippen LogP contribution in [0.2, 0.25) is 0 Å². The maximum Gasteiger partial charge on any atom is 0.328 e. The predicted molar refractivity (Wildman–Crippen MR) is 46.3 cm³/mol. The van der Waals surface area contributed by atoms with Crippen LogP contribution in [0.1, 0.15) is 13.0 Å². The fourth-order valence-electron chi connectivity index (χ4n) is 0.920. The van der Waals surface area contributed by atoms with Crippen LogP contribution in [0.3, 0.4) is 0 Å². The Bertz CT molecular complexity index is 328. The Morgan fingerprint density at radius 1 is 1.83 bits per heavy atom. The first-order valence-corrected chi connectivity index (χ1v) is 3.91. The quantitative estimate of drug-likeness (QED) is 0.559. The summed E-state index contributed by atoms with van der Waals surface area (Å²) >= 11 is 4.93. The van der Waals surface area contributed by atoms with Gasteiger partial charge >= 0.3 is 5.97 Å². The zero-order valence-electron chi connectivity index (χ0n) is 6.90. The summed E-state index contributed by atoms with van der Waals surface area (Å²) in [5, 5.41) is 0. The number of aromatic nitrogens is 2. The van der Waals surface area contributed by atoms with Gasteiger partial charge < -0.3 is 14.3 Å². The number of ether oxygens (including phenoxy) is 1. The van der Waals surface area contributed by atoms with Crippen LogP contribution in [0.15, 0.2) is 12.4 Å². The van der Waals surface area contributed by atoms with E-state index in [0.29, 0.717) is 4.77 Å². The number of nitrogens with zero attached hydrogens (tertiary/aromatic N) is 1. The lowest BCUT2D eigenvalue weighted by molar-refractivity contribution is -0.144. The lowest BCUT2D eigenvalue weighted by Gasteiger charge is -2.09. The van der Waals surface area contributed by atoms with Gasteiger partial charge in [-0.15, -0.1) is 0 Å². The Morgan fingerprint density at radius 2 is 2.50 bits per heavy atom. The van der Waals surface area contributed by atoms with E-state index in [1.807, 2.05) is 0 Å². The molecule has 0 aliphatic rings. The van der Waals surface area contributed by atoms with Gasteiger partial charge in [0, 0.05) is 12.4 Å². The van der Waals surface area contributed by atoms with E-state index in [1.54, 1.807) is 23.9 Å². The molecule has 1 rings (SSSR count). The second-order valence-electron chi connectivity index (χ2n) is 2.37. The normalized spacial score (nSPS) is 12.5. The van der Waals surface area contributed by atoms with E-state index in [1.165, 1.54) is 7.11 Å². The third-order valence-corrected chi connectivity index (χ3v) is 1.96. The van der Waals surface area contributed by atoms with Crippen molar-refractivity contribution in [2.75, 3.05) is 7.11 Å². The van der Waals surface area contributed by atoms with Crippen molar-refractivity contribution in [1.29, 1.82) is 0 Å². The summed E-state index contributed by atoms with van der Waals surface area (Å²) in [6, 6.07) is -0.367. The second kappa shape index (κ2) is 3.53. The minimum absolute atomic E-state index is 0.300. The molecule has 0 aliphatic heterocycles. The summed E-state index contributed by atoms with van der Waals surface area (Å²) in [5.74, 6) is -0.300. The Balaban J connectivity index is 2.92. The molecule has 0 bridgehead atoms. The van der Waals surface area contributed by atoms with Gasteiger partial charge in [0.1, 0.15) is 6.04 Å². The van der Waals surface area contributed by atoms with Crippen LogP contribution in [-0.4, -0.2) is 22.6 Å². The maximum absolute atomic E-state index is 11.1. The Kier molecular flexibility index (Phi) is 2.65. The monoisotopic (exact) mass is 186 g/mol. The van der Waals surface area contributed by atoms with E-state index in [4.69, 9.17) is 12.2 Å². The molecule has 12 heavy (non-hydrogen) atoms. The summed E-state index contributed by atoms with van der Waals surface area (Å²) in [6.45, 7) is 1.73. The van der Waals surface area contributed by atoms with Gasteiger partial charge in [0.25, 0.3) is 0 Å². The second-order valence-corrected chi connectivity index (χ2v) is 2.76. The van der Waals surface area contributed by atoms with E-state index in [0.717, 1.165) is 0 Å². The van der Waals surface area contributed by atoms with Crippen molar-refractivity contribution in [2.45, 2.75) is 13.0 Å². The minimum atomic E-state index is -0.367. The standard InChI is InChI=1S/C7H10N2O2S/c1-5(6(10)11-2)9-4-3-8-7(9)12/h3-5H,1-2H3,(H,8,12). The largest absolute Gasteiger partial charge is 0.467 e. The zero-order chi connectivity index (χ0) is 9.14. The van der Waals surface area contributed by atoms with Crippen LogP contribution in [-0.2, 0) is 9.53 Å². The molecule has 1 atom stereocenters. The topological polar surface area (TPSA) is 47.0 Å². The third kappa shape index (κ3) is 1.55. The molecule has 1 aromatic rings. The van der Waals surface area contributed by atoms with Gasteiger partial charge in [-0.2, -0.15) is 0 Å². The number of hydrogen-bond donors (Lipinski definition) is 1. The molecule has 0 saturated heterocycles. The number of imidazole rings is 1. The molecule has 0 fully saturated rings. The minimum Gasteiger partial charge on any atom is -0.467 e. The number of hydrogen-bond acceptors (Lipinski definition) is 3. The number of H-pyrrole nitrogens is 1. The molecule has 0 saturated carbocycles. The zero-order valence-corrected chi connectivity index (χ0v) is 7.72. The highest BCUT2D eigenvalue weighted by atomic mass is 32.1. The molecule has 4 nitrogen and oxygen atoms in total. The van der Waals surface area contributed by atoms with E-state index in [-0.39, 0.29) is 12.0 Å². The summed E-state index contributed by atoms with van der Waals surface area (Å²) < 4.78 is 6.73. The highest BCUT2D eigenvalue weighted by molar-refractivity contribution is 7.71. The fraction of sp³-hybridized carbons (Fsp3) is 0.429. The molecular formula is C7H10N2O2S. The highest BCUT2D eigenvalue weighted by Gasteiger charge is 2.14. The van der Waals surface area contributed by atoms with Crippen molar-refractivity contribution in [3.63, 3.8) is 0 Å². The smallest absolute Gasteiger partial charge is 0.328 e. The van der Waals surface area contributed by atoms with Crippen LogP contribution in [0.4, 0.5) is 0 Å². The van der Waals surface area contributed by atoms with Crippen molar-refractivity contribution in [2.24, 2.45) is 0 Å². The van der Waals surface area contributed by atoms with E-state index in [2.05, 4.69) is 9.72 Å². The molecule has 66 valence electrons. The number of aromatic amines is 1. The first-order valence-electron chi connectivity index (χ1n) is 3.50. The van der Waals surface area contributed by atoms with Crippen molar-refractivity contribution in [3.8, 4) is 0 Å². The average molecular weight is 186 g/mol. The number of carbonyl (C=O) groups is 1. The van der Waals surface area contributed by atoms with Crippen LogP contribution in [0, 0.1) is 4.77 Å². The van der Waals surface area contributed by atoms with Crippen LogP contribution in [0.25, 0.3) is 0 Å². The van der Waals surface area contributed by atoms with Gasteiger partial charge in [-0.1, -0.05) is 0 Å². The molecule has 5 heteroatoms. The van der Waals surface area contributed by atoms with Gasteiger partial charge in [-0.05, 0) is 19.1 Å². The molecule has 1 aromatic heterocycles. The Morgan fingerprint density at radius 3 is 2.92 bits per heavy atom. The van der Waals surface area contributed by atoms with Crippen LogP contribution >= 0.6 is 12.2 Å². The molecule has 0 aliphatic carbocycles. The van der Waals surface area contributed by atoms with E-state index < -0.39 is 0 Å². The third-order valence-electron chi connectivity index (χ3n) is 1.64. The summed E-state index contributed by atoms with van der Waals surface area (Å²) in [5.41, 5.74) is 0. The molecule has 0 amide bonds. The molecule has 1 unspecified atom stereocenters. The van der Waals surface area contributed by atoms with Gasteiger partial charge in [0.2, 0.25) is 0 Å². The van der Waals surface area contributed by atoms with Gasteiger partial charge in [0.15, 0.2) is 4.77 Å². The Labute approximate surface area is 75.2 Å². The first-order chi connectivity index (χ1) is 5.66. The van der Waals surface area contributed by atoms with Gasteiger partial charge in [-0.25, -0.2) is 4.79 Å². The highest BCUT2D eigenvalue weighted by Crippen LogP contribution is 2.07. The number of carbonyl (C=O) groups excluding carboxylic acids is 1. The molecular weight excluding hydrogens is 176 g/mol. The molecule has 0 radical (unpaired) electrons. The Hall–Kier alpha value is -1.10. The number of rotatable bonds is 2. The lowest BCUT2D eigenvalue weighted by atomic mass is 10.3. The van der Waals surface area contributed by atoms with Crippen molar-refractivity contribution in [3.05, 3.63) is 17.2 Å². The molecule has 0 aromatic carbocycles. The number of nitrogens with one attached hydrogen (secondary N) is 1. The average Bonchev–Trinajstić information content (AvgIpc) is 2.48. The van der Waals surface area contributed by atoms with Crippen LogP contribution in [0.5, 0.6) is 0 Å². The van der Waals surface area contributed by atoms with E-state index >= 15 is 0 Å². The number of methoxy groups -OCH3 is 1. The molecule has 1 N–H and O–H groups in total. The molecule has 0 spiro atoms. The van der Waals surface area contributed by atoms with Crippen LogP contribution < -0.4 is 0 Å².